The fourth-order valence-corrected chi connectivity index (χ4v) is 5.25. The Morgan fingerprint density at radius 3 is 3.05 bits per heavy atom. The summed E-state index contributed by atoms with van der Waals surface area (Å²) in [5, 5.41) is 10.4. The molecular formula is C18H24O3. The fraction of sp³-hybridized carbons (Fsp3) is 0.667. The van der Waals surface area contributed by atoms with E-state index >= 15 is 0 Å². The average molecular weight is 288 g/mol. The Morgan fingerprint density at radius 2 is 2.24 bits per heavy atom. The molecule has 21 heavy (non-hydrogen) atoms. The van der Waals surface area contributed by atoms with E-state index < -0.39 is 6.10 Å². The standard InChI is InChI=1S/C18H24O3/c1-12-11-17-7-3-4-9-21-18(17,8-5-14(17)13(2)19)15-6-10-20-16(12)15/h5-6,10,12-13,19H,3-4,7-9,11H2,1-2H3/t12-,13-,17-,18+/m1/s1. The SMILES string of the molecule is C[C@@H]1C[C@@]23CCCCO[C@@]2(CC=C3[C@@H](C)O)c2ccoc21. The molecule has 3 aliphatic rings. The second-order valence-corrected chi connectivity index (χ2v) is 7.06. The van der Waals surface area contributed by atoms with Crippen LogP contribution in [0.3, 0.4) is 0 Å². The summed E-state index contributed by atoms with van der Waals surface area (Å²) in [4.78, 5) is 0. The van der Waals surface area contributed by atoms with Gasteiger partial charge in [0.15, 0.2) is 0 Å². The third-order valence-electron chi connectivity index (χ3n) is 5.96. The van der Waals surface area contributed by atoms with Gasteiger partial charge in [0.05, 0.1) is 12.4 Å². The first-order chi connectivity index (χ1) is 10.1. The first kappa shape index (κ1) is 13.6. The van der Waals surface area contributed by atoms with Crippen molar-refractivity contribution in [3.05, 3.63) is 35.3 Å². The summed E-state index contributed by atoms with van der Waals surface area (Å²) in [6.45, 7) is 4.95. The van der Waals surface area contributed by atoms with Gasteiger partial charge in [-0.2, -0.15) is 0 Å². The molecule has 0 amide bonds. The molecule has 3 heteroatoms. The molecule has 0 bridgehead atoms. The van der Waals surface area contributed by atoms with Gasteiger partial charge in [-0.05, 0) is 44.2 Å². The van der Waals surface area contributed by atoms with Crippen LogP contribution < -0.4 is 0 Å². The normalized spacial score (nSPS) is 39.8. The Bertz CT molecular complexity index is 585. The van der Waals surface area contributed by atoms with Crippen LogP contribution in [-0.2, 0) is 10.3 Å². The van der Waals surface area contributed by atoms with Gasteiger partial charge in [-0.3, -0.25) is 0 Å². The lowest BCUT2D eigenvalue weighted by atomic mass is 9.56. The smallest absolute Gasteiger partial charge is 0.112 e. The van der Waals surface area contributed by atoms with E-state index in [1.54, 1.807) is 6.26 Å². The topological polar surface area (TPSA) is 42.6 Å². The molecule has 4 rings (SSSR count). The highest BCUT2D eigenvalue weighted by Crippen LogP contribution is 2.66. The molecule has 0 saturated carbocycles. The van der Waals surface area contributed by atoms with Gasteiger partial charge in [-0.1, -0.05) is 19.4 Å². The van der Waals surface area contributed by atoms with E-state index in [0.717, 1.165) is 38.1 Å². The minimum atomic E-state index is -0.394. The minimum Gasteiger partial charge on any atom is -0.469 e. The Balaban J connectivity index is 1.95. The Hall–Kier alpha value is -1.06. The quantitative estimate of drug-likeness (QED) is 0.797. The van der Waals surface area contributed by atoms with Crippen molar-refractivity contribution in [3.8, 4) is 0 Å². The summed E-state index contributed by atoms with van der Waals surface area (Å²) in [5.74, 6) is 1.47. The summed E-state index contributed by atoms with van der Waals surface area (Å²) in [7, 11) is 0. The highest BCUT2D eigenvalue weighted by Gasteiger charge is 2.63. The predicted octanol–water partition coefficient (Wildman–Crippen LogP) is 3.88. The Morgan fingerprint density at radius 1 is 1.38 bits per heavy atom. The van der Waals surface area contributed by atoms with Crippen LogP contribution in [0.15, 0.2) is 28.4 Å². The summed E-state index contributed by atoms with van der Waals surface area (Å²) in [5.41, 5.74) is 2.08. The van der Waals surface area contributed by atoms with Gasteiger partial charge in [0.2, 0.25) is 0 Å². The lowest BCUT2D eigenvalue weighted by Crippen LogP contribution is -2.50. The monoisotopic (exact) mass is 288 g/mol. The predicted molar refractivity (Wildman–Crippen MR) is 80.0 cm³/mol. The van der Waals surface area contributed by atoms with Crippen LogP contribution in [0.2, 0.25) is 0 Å². The van der Waals surface area contributed by atoms with Crippen molar-refractivity contribution < 1.29 is 14.3 Å². The Kier molecular flexibility index (Phi) is 2.89. The second kappa shape index (κ2) is 4.47. The largest absolute Gasteiger partial charge is 0.469 e. The van der Waals surface area contributed by atoms with Crippen molar-refractivity contribution in [2.24, 2.45) is 5.41 Å². The molecule has 0 spiro atoms. The van der Waals surface area contributed by atoms with Crippen LogP contribution in [0.25, 0.3) is 0 Å². The number of furan rings is 1. The minimum absolute atomic E-state index is 0.0477. The Labute approximate surface area is 126 Å². The van der Waals surface area contributed by atoms with Crippen LogP contribution in [0.4, 0.5) is 0 Å². The average Bonchev–Trinajstić information content (AvgIpc) is 2.99. The zero-order valence-corrected chi connectivity index (χ0v) is 12.9. The molecule has 1 fully saturated rings. The van der Waals surface area contributed by atoms with Gasteiger partial charge in [0, 0.05) is 23.5 Å². The fourth-order valence-electron chi connectivity index (χ4n) is 5.25. The number of hydrogen-bond acceptors (Lipinski definition) is 3. The molecule has 2 aliphatic carbocycles. The molecule has 1 aromatic heterocycles. The number of fused-ring (bicyclic) bond motifs is 1. The van der Waals surface area contributed by atoms with Gasteiger partial charge >= 0.3 is 0 Å². The lowest BCUT2D eigenvalue weighted by molar-refractivity contribution is -0.126. The molecule has 0 unspecified atom stereocenters. The van der Waals surface area contributed by atoms with Gasteiger partial charge in [-0.15, -0.1) is 0 Å². The molecule has 3 nitrogen and oxygen atoms in total. The third-order valence-corrected chi connectivity index (χ3v) is 5.96. The molecule has 1 saturated heterocycles. The van der Waals surface area contributed by atoms with Crippen molar-refractivity contribution in [2.45, 2.75) is 63.6 Å². The van der Waals surface area contributed by atoms with Crippen molar-refractivity contribution in [3.63, 3.8) is 0 Å². The van der Waals surface area contributed by atoms with E-state index in [9.17, 15) is 5.11 Å². The van der Waals surface area contributed by atoms with Crippen molar-refractivity contribution in [2.75, 3.05) is 6.61 Å². The number of ether oxygens (including phenoxy) is 1. The zero-order valence-electron chi connectivity index (χ0n) is 12.9. The molecule has 114 valence electrons. The summed E-state index contributed by atoms with van der Waals surface area (Å²) in [6, 6.07) is 2.10. The maximum Gasteiger partial charge on any atom is 0.112 e. The van der Waals surface area contributed by atoms with Crippen molar-refractivity contribution in [1.82, 2.24) is 0 Å². The van der Waals surface area contributed by atoms with E-state index in [-0.39, 0.29) is 11.0 Å². The van der Waals surface area contributed by atoms with E-state index in [0.29, 0.717) is 5.92 Å². The van der Waals surface area contributed by atoms with E-state index in [4.69, 9.17) is 9.15 Å². The van der Waals surface area contributed by atoms with Gasteiger partial charge in [-0.25, -0.2) is 0 Å². The maximum atomic E-state index is 10.4. The molecule has 1 N–H and O–H groups in total. The van der Waals surface area contributed by atoms with Crippen molar-refractivity contribution >= 4 is 0 Å². The molecule has 1 aliphatic heterocycles. The molecule has 0 aromatic carbocycles. The number of aliphatic hydroxyl groups excluding tert-OH is 1. The first-order valence-corrected chi connectivity index (χ1v) is 8.21. The highest BCUT2D eigenvalue weighted by molar-refractivity contribution is 5.45. The van der Waals surface area contributed by atoms with E-state index in [2.05, 4.69) is 19.1 Å². The lowest BCUT2D eigenvalue weighted by Gasteiger charge is -2.51. The van der Waals surface area contributed by atoms with Crippen LogP contribution in [0, 0.1) is 5.41 Å². The molecule has 1 aromatic rings. The maximum absolute atomic E-state index is 10.4. The van der Waals surface area contributed by atoms with E-state index in [1.807, 2.05) is 6.92 Å². The summed E-state index contributed by atoms with van der Waals surface area (Å²) in [6.07, 6.45) is 8.93. The number of hydrogen-bond donors (Lipinski definition) is 1. The van der Waals surface area contributed by atoms with Gasteiger partial charge < -0.3 is 14.3 Å². The zero-order chi connectivity index (χ0) is 14.7. The van der Waals surface area contributed by atoms with Crippen molar-refractivity contribution in [1.29, 1.82) is 0 Å². The van der Waals surface area contributed by atoms with Crippen LogP contribution >= 0.6 is 0 Å². The number of aliphatic hydroxyl groups is 1. The molecular weight excluding hydrogens is 264 g/mol. The molecule has 2 heterocycles. The first-order valence-electron chi connectivity index (χ1n) is 8.21. The van der Waals surface area contributed by atoms with Crippen LogP contribution in [-0.4, -0.2) is 17.8 Å². The molecule has 0 radical (unpaired) electrons. The van der Waals surface area contributed by atoms with Crippen LogP contribution in [0.1, 0.15) is 63.2 Å². The second-order valence-electron chi connectivity index (χ2n) is 7.06. The van der Waals surface area contributed by atoms with Gasteiger partial charge in [0.25, 0.3) is 0 Å². The summed E-state index contributed by atoms with van der Waals surface area (Å²) >= 11 is 0. The highest BCUT2D eigenvalue weighted by atomic mass is 16.5. The van der Waals surface area contributed by atoms with Gasteiger partial charge in [0.1, 0.15) is 11.4 Å². The third kappa shape index (κ3) is 1.56. The van der Waals surface area contributed by atoms with Crippen LogP contribution in [0.5, 0.6) is 0 Å². The molecule has 4 atom stereocenters. The van der Waals surface area contributed by atoms with E-state index in [1.165, 1.54) is 17.6 Å². The summed E-state index contributed by atoms with van der Waals surface area (Å²) < 4.78 is 12.3. The number of rotatable bonds is 1.